The minimum Gasteiger partial charge on any atom is -0.340 e. The van der Waals surface area contributed by atoms with Crippen LogP contribution in [0.5, 0.6) is 0 Å². The zero-order valence-corrected chi connectivity index (χ0v) is 25.9. The number of para-hydroxylation sites is 1. The van der Waals surface area contributed by atoms with Crippen LogP contribution < -0.4 is 5.32 Å². The summed E-state index contributed by atoms with van der Waals surface area (Å²) in [5.74, 6) is 0.394. The van der Waals surface area contributed by atoms with Gasteiger partial charge in [-0.25, -0.2) is 4.98 Å². The first kappa shape index (κ1) is 30.0. The summed E-state index contributed by atoms with van der Waals surface area (Å²) in [7, 11) is 1.87. The van der Waals surface area contributed by atoms with Gasteiger partial charge in [0.25, 0.3) is 5.91 Å². The van der Waals surface area contributed by atoms with E-state index in [1.54, 1.807) is 16.9 Å². The molecule has 5 aromatic rings. The van der Waals surface area contributed by atoms with Crippen molar-refractivity contribution in [1.82, 2.24) is 29.1 Å². The molecule has 230 valence electrons. The summed E-state index contributed by atoms with van der Waals surface area (Å²) in [6.07, 6.45) is 7.45. The van der Waals surface area contributed by atoms with Crippen molar-refractivity contribution in [2.45, 2.75) is 32.7 Å². The Kier molecular flexibility index (Phi) is 9.17. The van der Waals surface area contributed by atoms with Gasteiger partial charge in [-0.15, -0.1) is 0 Å². The number of carbonyl (C=O) groups is 2. The third-order valence-corrected chi connectivity index (χ3v) is 8.25. The molecule has 1 N–H and O–H groups in total. The van der Waals surface area contributed by atoms with Crippen LogP contribution in [0.2, 0.25) is 0 Å². The largest absolute Gasteiger partial charge is 0.340 e. The molecule has 0 aliphatic carbocycles. The molecule has 0 radical (unpaired) electrons. The summed E-state index contributed by atoms with van der Waals surface area (Å²) in [6, 6.07) is 26.0. The van der Waals surface area contributed by atoms with Gasteiger partial charge in [-0.2, -0.15) is 5.10 Å². The lowest BCUT2D eigenvalue weighted by Gasteiger charge is -2.34. The normalized spacial score (nSPS) is 13.6. The maximum absolute atomic E-state index is 13.4. The number of anilines is 1. The van der Waals surface area contributed by atoms with E-state index in [0.29, 0.717) is 30.8 Å². The van der Waals surface area contributed by atoms with E-state index >= 15 is 0 Å². The molecule has 9 nitrogen and oxygen atoms in total. The Hall–Kier alpha value is -5.02. The van der Waals surface area contributed by atoms with Crippen LogP contribution >= 0.6 is 0 Å². The van der Waals surface area contributed by atoms with Crippen molar-refractivity contribution in [2.75, 3.05) is 31.5 Å². The number of carbonyl (C=O) groups excluding carboxylic acids is 2. The van der Waals surface area contributed by atoms with Gasteiger partial charge in [0, 0.05) is 75.4 Å². The van der Waals surface area contributed by atoms with E-state index in [9.17, 15) is 9.59 Å². The molecule has 0 spiro atoms. The summed E-state index contributed by atoms with van der Waals surface area (Å²) in [4.78, 5) is 35.6. The van der Waals surface area contributed by atoms with E-state index in [1.807, 2.05) is 77.4 Å². The van der Waals surface area contributed by atoms with Gasteiger partial charge < -0.3 is 4.90 Å². The second-order valence-electron chi connectivity index (χ2n) is 11.7. The molecule has 1 aliphatic heterocycles. The van der Waals surface area contributed by atoms with Crippen LogP contribution in [0, 0.1) is 6.92 Å². The van der Waals surface area contributed by atoms with Gasteiger partial charge in [0.05, 0.1) is 11.9 Å². The lowest BCUT2D eigenvalue weighted by molar-refractivity contribution is -0.133. The lowest BCUT2D eigenvalue weighted by Crippen LogP contribution is -2.48. The predicted octanol–water partition coefficient (Wildman–Crippen LogP) is 5.50. The Labute approximate surface area is 264 Å². The quantitative estimate of drug-likeness (QED) is 0.228. The highest BCUT2D eigenvalue weighted by Gasteiger charge is 2.21. The molecule has 6 rings (SSSR count). The first-order chi connectivity index (χ1) is 21.9. The SMILES string of the molecule is Cc1ccc(CN2CCN(C(=O)CCCc3cn(-c4ccccc4)c(NC(=O)c4cccc(-c5cnn(C)c5)c4)n3)CC2)cc1. The Balaban J connectivity index is 1.06. The average Bonchev–Trinajstić information content (AvgIpc) is 3.69. The number of amides is 2. The number of hydrogen-bond acceptors (Lipinski definition) is 5. The second-order valence-corrected chi connectivity index (χ2v) is 11.7. The summed E-state index contributed by atoms with van der Waals surface area (Å²) < 4.78 is 3.63. The van der Waals surface area contributed by atoms with Crippen LogP contribution in [0.4, 0.5) is 5.95 Å². The molecule has 0 saturated carbocycles. The standard InChI is InChI=1S/C36H39N7O2/c1-27-14-16-28(17-15-27)24-41-18-20-42(21-19-41)34(44)13-7-10-32-26-43(33-11-4-3-5-12-33)36(38-32)39-35(45)30-9-6-8-29(22-30)31-23-37-40(2)25-31/h3-6,8-9,11-12,14-17,22-23,25-26H,7,10,13,18-21,24H2,1-2H3,(H,38,39,45). The highest BCUT2D eigenvalue weighted by molar-refractivity contribution is 6.04. The fourth-order valence-electron chi connectivity index (χ4n) is 5.69. The number of hydrogen-bond donors (Lipinski definition) is 1. The van der Waals surface area contributed by atoms with Crippen LogP contribution in [0.25, 0.3) is 16.8 Å². The number of nitrogens with one attached hydrogen (secondary N) is 1. The Morgan fingerprint density at radius 2 is 1.64 bits per heavy atom. The Morgan fingerprint density at radius 1 is 0.867 bits per heavy atom. The monoisotopic (exact) mass is 601 g/mol. The topological polar surface area (TPSA) is 88.3 Å². The van der Waals surface area contributed by atoms with Gasteiger partial charge in [-0.05, 0) is 55.2 Å². The number of aryl methyl sites for hydroxylation is 3. The minimum atomic E-state index is -0.244. The third-order valence-electron chi connectivity index (χ3n) is 8.25. The lowest BCUT2D eigenvalue weighted by atomic mass is 10.1. The van der Waals surface area contributed by atoms with Gasteiger partial charge in [0.1, 0.15) is 0 Å². The molecule has 2 amide bonds. The van der Waals surface area contributed by atoms with Gasteiger partial charge >= 0.3 is 0 Å². The number of rotatable bonds is 10. The molecule has 2 aromatic heterocycles. The van der Waals surface area contributed by atoms with Gasteiger partial charge in [0.15, 0.2) is 0 Å². The minimum absolute atomic E-state index is 0.189. The number of aromatic nitrogens is 4. The molecule has 0 bridgehead atoms. The van der Waals surface area contributed by atoms with E-state index < -0.39 is 0 Å². The average molecular weight is 602 g/mol. The van der Waals surface area contributed by atoms with Crippen LogP contribution in [-0.4, -0.2) is 67.1 Å². The summed E-state index contributed by atoms with van der Waals surface area (Å²) in [5.41, 5.74) is 6.70. The van der Waals surface area contributed by atoms with Crippen LogP contribution in [-0.2, 0) is 24.8 Å². The molecule has 9 heteroatoms. The maximum atomic E-state index is 13.4. The van der Waals surface area contributed by atoms with Gasteiger partial charge in [-0.3, -0.25) is 29.1 Å². The zero-order valence-electron chi connectivity index (χ0n) is 25.9. The number of piperazine rings is 1. The van der Waals surface area contributed by atoms with Crippen LogP contribution in [0.1, 0.15) is 40.0 Å². The van der Waals surface area contributed by atoms with E-state index in [4.69, 9.17) is 4.98 Å². The van der Waals surface area contributed by atoms with E-state index in [-0.39, 0.29) is 11.8 Å². The number of benzene rings is 3. The molecule has 1 aliphatic rings. The predicted molar refractivity (Wildman–Crippen MR) is 176 cm³/mol. The molecular weight excluding hydrogens is 562 g/mol. The van der Waals surface area contributed by atoms with Crippen molar-refractivity contribution in [2.24, 2.45) is 7.05 Å². The van der Waals surface area contributed by atoms with Crippen molar-refractivity contribution < 1.29 is 9.59 Å². The highest BCUT2D eigenvalue weighted by Crippen LogP contribution is 2.22. The molecule has 0 unspecified atom stereocenters. The first-order valence-electron chi connectivity index (χ1n) is 15.5. The van der Waals surface area contributed by atoms with Crippen molar-refractivity contribution in [3.8, 4) is 16.8 Å². The summed E-state index contributed by atoms with van der Waals surface area (Å²) >= 11 is 0. The summed E-state index contributed by atoms with van der Waals surface area (Å²) in [5, 5.41) is 7.26. The molecule has 1 saturated heterocycles. The molecular formula is C36H39N7O2. The van der Waals surface area contributed by atoms with Crippen LogP contribution in [0.3, 0.4) is 0 Å². The number of imidazole rings is 1. The number of nitrogens with zero attached hydrogens (tertiary/aromatic N) is 6. The van der Waals surface area contributed by atoms with E-state index in [0.717, 1.165) is 55.2 Å². The molecule has 45 heavy (non-hydrogen) atoms. The van der Waals surface area contributed by atoms with Crippen molar-refractivity contribution in [3.63, 3.8) is 0 Å². The maximum Gasteiger partial charge on any atom is 0.258 e. The smallest absolute Gasteiger partial charge is 0.258 e. The second kappa shape index (κ2) is 13.7. The zero-order chi connectivity index (χ0) is 31.2. The Bertz CT molecular complexity index is 1750. The fraction of sp³-hybridized carbons (Fsp3) is 0.278. The van der Waals surface area contributed by atoms with Gasteiger partial charge in [-0.1, -0.05) is 60.2 Å². The van der Waals surface area contributed by atoms with E-state index in [1.165, 1.54) is 11.1 Å². The molecule has 3 heterocycles. The summed E-state index contributed by atoms with van der Waals surface area (Å²) in [6.45, 7) is 6.30. The molecule has 1 fully saturated rings. The third kappa shape index (κ3) is 7.56. The first-order valence-corrected chi connectivity index (χ1v) is 15.5. The van der Waals surface area contributed by atoms with Crippen molar-refractivity contribution in [3.05, 3.63) is 120 Å². The fourth-order valence-corrected chi connectivity index (χ4v) is 5.69. The van der Waals surface area contributed by atoms with Gasteiger partial charge in [0.2, 0.25) is 11.9 Å². The Morgan fingerprint density at radius 3 is 2.38 bits per heavy atom. The molecule has 3 aromatic carbocycles. The van der Waals surface area contributed by atoms with E-state index in [2.05, 4.69) is 46.5 Å². The van der Waals surface area contributed by atoms with Crippen LogP contribution in [0.15, 0.2) is 97.5 Å². The van der Waals surface area contributed by atoms with Crippen molar-refractivity contribution in [1.29, 1.82) is 0 Å². The molecule has 0 atom stereocenters. The van der Waals surface area contributed by atoms with Crippen molar-refractivity contribution >= 4 is 17.8 Å². The highest BCUT2D eigenvalue weighted by atomic mass is 16.2.